The van der Waals surface area contributed by atoms with Crippen molar-refractivity contribution in [2.75, 3.05) is 11.1 Å². The van der Waals surface area contributed by atoms with Crippen molar-refractivity contribution in [3.8, 4) is 11.1 Å². The number of hydrogen-bond donors (Lipinski definition) is 2. The third-order valence-corrected chi connectivity index (χ3v) is 4.43. The van der Waals surface area contributed by atoms with Gasteiger partial charge in [0.2, 0.25) is 5.88 Å². The number of furan rings is 1. The lowest BCUT2D eigenvalue weighted by Gasteiger charge is -2.07. The van der Waals surface area contributed by atoms with Crippen molar-refractivity contribution < 1.29 is 8.81 Å². The van der Waals surface area contributed by atoms with Crippen LogP contribution < -0.4 is 11.1 Å². The van der Waals surface area contributed by atoms with E-state index in [2.05, 4.69) is 10.3 Å². The van der Waals surface area contributed by atoms with Crippen molar-refractivity contribution in [3.05, 3.63) is 71.3 Å². The summed E-state index contributed by atoms with van der Waals surface area (Å²) in [6.45, 7) is 1.94. The standard InChI is InChI=1S/C20H15ClFN3O/c1-11-9-12(7-8-24-11)14-3-2-4-15-18(20(23)26-19(14)15)25-13-5-6-17(22)16(21)10-13/h2-10,25H,23H2,1H3. The molecule has 0 saturated carbocycles. The van der Waals surface area contributed by atoms with Gasteiger partial charge in [-0.1, -0.05) is 23.7 Å². The molecule has 4 rings (SSSR count). The SMILES string of the molecule is Cc1cc(-c2cccc3c(Nc4ccc(F)c(Cl)c4)c(N)oc23)ccn1. The van der Waals surface area contributed by atoms with Gasteiger partial charge < -0.3 is 15.5 Å². The van der Waals surface area contributed by atoms with E-state index < -0.39 is 5.82 Å². The predicted octanol–water partition coefficient (Wildman–Crippen LogP) is 5.92. The number of anilines is 3. The lowest BCUT2D eigenvalue weighted by atomic mass is 10.0. The number of nitrogen functional groups attached to an aromatic ring is 1. The highest BCUT2D eigenvalue weighted by atomic mass is 35.5. The average Bonchev–Trinajstić information content (AvgIpc) is 2.94. The fraction of sp³-hybridized carbons (Fsp3) is 0.0500. The Morgan fingerprint density at radius 2 is 2.00 bits per heavy atom. The molecular weight excluding hydrogens is 353 g/mol. The summed E-state index contributed by atoms with van der Waals surface area (Å²) in [5.74, 6) is -0.226. The molecule has 0 aliphatic carbocycles. The van der Waals surface area contributed by atoms with Crippen molar-refractivity contribution in [1.29, 1.82) is 0 Å². The Balaban J connectivity index is 1.83. The number of aryl methyl sites for hydroxylation is 1. The number of halogens is 2. The van der Waals surface area contributed by atoms with Crippen molar-refractivity contribution in [2.24, 2.45) is 0 Å². The molecule has 0 bridgehead atoms. The minimum absolute atomic E-state index is 0.0364. The van der Waals surface area contributed by atoms with Crippen LogP contribution in [-0.2, 0) is 0 Å². The molecule has 6 heteroatoms. The highest BCUT2D eigenvalue weighted by Crippen LogP contribution is 2.40. The third-order valence-electron chi connectivity index (χ3n) is 4.14. The van der Waals surface area contributed by atoms with Crippen LogP contribution in [0.3, 0.4) is 0 Å². The zero-order chi connectivity index (χ0) is 18.3. The second kappa shape index (κ2) is 6.35. The maximum atomic E-state index is 13.4. The summed E-state index contributed by atoms with van der Waals surface area (Å²) in [4.78, 5) is 4.23. The topological polar surface area (TPSA) is 64.1 Å². The second-order valence-electron chi connectivity index (χ2n) is 5.96. The maximum Gasteiger partial charge on any atom is 0.215 e. The third kappa shape index (κ3) is 2.86. The summed E-state index contributed by atoms with van der Waals surface area (Å²) in [5.41, 5.74) is 10.8. The number of aromatic nitrogens is 1. The molecule has 0 radical (unpaired) electrons. The van der Waals surface area contributed by atoms with E-state index >= 15 is 0 Å². The molecule has 2 heterocycles. The number of para-hydroxylation sites is 1. The molecule has 0 atom stereocenters. The van der Waals surface area contributed by atoms with Gasteiger partial charge in [-0.15, -0.1) is 0 Å². The van der Waals surface area contributed by atoms with Crippen LogP contribution in [0.4, 0.5) is 21.6 Å². The van der Waals surface area contributed by atoms with Crippen molar-refractivity contribution in [2.45, 2.75) is 6.92 Å². The van der Waals surface area contributed by atoms with Crippen LogP contribution in [0.15, 0.2) is 59.1 Å². The van der Waals surface area contributed by atoms with Gasteiger partial charge >= 0.3 is 0 Å². The van der Waals surface area contributed by atoms with Gasteiger partial charge in [0.15, 0.2) is 0 Å². The number of pyridine rings is 1. The van der Waals surface area contributed by atoms with Gasteiger partial charge in [-0.05, 0) is 48.9 Å². The van der Waals surface area contributed by atoms with E-state index in [0.29, 0.717) is 17.0 Å². The van der Waals surface area contributed by atoms with E-state index in [1.807, 2.05) is 37.3 Å². The van der Waals surface area contributed by atoms with Crippen LogP contribution in [0.2, 0.25) is 5.02 Å². The molecule has 4 nitrogen and oxygen atoms in total. The van der Waals surface area contributed by atoms with Crippen LogP contribution in [0.25, 0.3) is 22.1 Å². The largest absolute Gasteiger partial charge is 0.438 e. The summed E-state index contributed by atoms with van der Waals surface area (Å²) in [7, 11) is 0. The average molecular weight is 368 g/mol. The van der Waals surface area contributed by atoms with Gasteiger partial charge in [-0.3, -0.25) is 4.98 Å². The summed E-state index contributed by atoms with van der Waals surface area (Å²) in [5, 5.41) is 4.04. The fourth-order valence-corrected chi connectivity index (χ4v) is 3.11. The Bertz CT molecular complexity index is 1120. The van der Waals surface area contributed by atoms with Crippen molar-refractivity contribution >= 4 is 39.8 Å². The first-order chi connectivity index (χ1) is 12.5. The van der Waals surface area contributed by atoms with E-state index in [9.17, 15) is 4.39 Å². The summed E-state index contributed by atoms with van der Waals surface area (Å²) in [6, 6.07) is 14.1. The van der Waals surface area contributed by atoms with Gasteiger partial charge in [0.25, 0.3) is 0 Å². The second-order valence-corrected chi connectivity index (χ2v) is 6.37. The van der Waals surface area contributed by atoms with Gasteiger partial charge in [0.05, 0.1) is 5.02 Å². The number of fused-ring (bicyclic) bond motifs is 1. The Morgan fingerprint density at radius 1 is 1.15 bits per heavy atom. The van der Waals surface area contributed by atoms with Gasteiger partial charge in [-0.25, -0.2) is 4.39 Å². The first kappa shape index (κ1) is 16.4. The number of nitrogens with two attached hydrogens (primary N) is 1. The number of nitrogens with one attached hydrogen (secondary N) is 1. The molecule has 0 spiro atoms. The van der Waals surface area contributed by atoms with E-state index in [1.165, 1.54) is 12.1 Å². The lowest BCUT2D eigenvalue weighted by Crippen LogP contribution is -1.94. The maximum absolute atomic E-state index is 13.4. The van der Waals surface area contributed by atoms with Crippen LogP contribution in [0, 0.1) is 12.7 Å². The Morgan fingerprint density at radius 3 is 2.77 bits per heavy atom. The summed E-state index contributed by atoms with van der Waals surface area (Å²) in [6.07, 6.45) is 1.76. The first-order valence-corrected chi connectivity index (χ1v) is 8.37. The molecular formula is C20H15ClFN3O. The smallest absolute Gasteiger partial charge is 0.215 e. The first-order valence-electron chi connectivity index (χ1n) is 7.99. The molecule has 0 aliphatic heterocycles. The minimum atomic E-state index is -0.474. The highest BCUT2D eigenvalue weighted by molar-refractivity contribution is 6.31. The van der Waals surface area contributed by atoms with E-state index in [1.54, 1.807) is 12.3 Å². The number of hydrogen-bond acceptors (Lipinski definition) is 4. The van der Waals surface area contributed by atoms with Gasteiger partial charge in [0.1, 0.15) is 17.1 Å². The molecule has 2 aromatic carbocycles. The Hall–Kier alpha value is -3.05. The molecule has 4 aromatic rings. The minimum Gasteiger partial charge on any atom is -0.438 e. The molecule has 0 fully saturated rings. The summed E-state index contributed by atoms with van der Waals surface area (Å²) < 4.78 is 19.2. The number of rotatable bonds is 3. The highest BCUT2D eigenvalue weighted by Gasteiger charge is 2.16. The molecule has 0 saturated heterocycles. The molecule has 26 heavy (non-hydrogen) atoms. The fourth-order valence-electron chi connectivity index (χ4n) is 2.93. The lowest BCUT2D eigenvalue weighted by molar-refractivity contribution is 0.628. The van der Waals surface area contributed by atoms with Crippen molar-refractivity contribution in [1.82, 2.24) is 4.98 Å². The quantitative estimate of drug-likeness (QED) is 0.471. The molecule has 130 valence electrons. The zero-order valence-corrected chi connectivity index (χ0v) is 14.6. The molecule has 2 aromatic heterocycles. The normalized spacial score (nSPS) is 11.0. The van der Waals surface area contributed by atoms with Crippen LogP contribution in [0.5, 0.6) is 0 Å². The van der Waals surface area contributed by atoms with Crippen LogP contribution in [0.1, 0.15) is 5.69 Å². The predicted molar refractivity (Wildman–Crippen MR) is 103 cm³/mol. The van der Waals surface area contributed by atoms with E-state index in [-0.39, 0.29) is 10.9 Å². The molecule has 0 amide bonds. The Kier molecular flexibility index (Phi) is 4.01. The zero-order valence-electron chi connectivity index (χ0n) is 13.9. The molecule has 3 N–H and O–H groups in total. The van der Waals surface area contributed by atoms with E-state index in [0.717, 1.165) is 22.2 Å². The van der Waals surface area contributed by atoms with Crippen LogP contribution in [-0.4, -0.2) is 4.98 Å². The number of nitrogens with zero attached hydrogens (tertiary/aromatic N) is 1. The van der Waals surface area contributed by atoms with Crippen molar-refractivity contribution in [3.63, 3.8) is 0 Å². The summed E-state index contributed by atoms with van der Waals surface area (Å²) >= 11 is 5.86. The van der Waals surface area contributed by atoms with Gasteiger partial charge in [0, 0.05) is 28.5 Å². The van der Waals surface area contributed by atoms with Crippen LogP contribution >= 0.6 is 11.6 Å². The molecule has 0 aliphatic rings. The Labute approximate surface area is 154 Å². The van der Waals surface area contributed by atoms with Gasteiger partial charge in [-0.2, -0.15) is 0 Å². The van der Waals surface area contributed by atoms with E-state index in [4.69, 9.17) is 21.8 Å². The monoisotopic (exact) mass is 367 g/mol. The number of benzene rings is 2. The molecule has 0 unspecified atom stereocenters.